The summed E-state index contributed by atoms with van der Waals surface area (Å²) < 4.78 is 4.05. The van der Waals surface area contributed by atoms with Crippen LogP contribution >= 0.6 is 11.5 Å². The first-order valence-electron chi connectivity index (χ1n) is 6.17. The fourth-order valence-electron chi connectivity index (χ4n) is 1.76. The number of nitrogens with one attached hydrogen (secondary N) is 1. The van der Waals surface area contributed by atoms with Crippen LogP contribution in [0.4, 0.5) is 0 Å². The Morgan fingerprint density at radius 3 is 2.89 bits per heavy atom. The van der Waals surface area contributed by atoms with Crippen molar-refractivity contribution in [3.05, 3.63) is 34.9 Å². The lowest BCUT2D eigenvalue weighted by molar-refractivity contribution is 0.586. The van der Waals surface area contributed by atoms with Gasteiger partial charge in [-0.25, -0.2) is 0 Å². The van der Waals surface area contributed by atoms with Crippen LogP contribution in [0.25, 0.3) is 0 Å². The Morgan fingerprint density at radius 1 is 1.33 bits per heavy atom. The molecule has 2 heterocycles. The molecule has 96 valence electrons. The summed E-state index contributed by atoms with van der Waals surface area (Å²) in [5.41, 5.74) is 1.96. The van der Waals surface area contributed by atoms with Crippen LogP contribution < -0.4 is 5.32 Å². The molecular formula is C12H17N5S. The van der Waals surface area contributed by atoms with Gasteiger partial charge in [0.1, 0.15) is 0 Å². The highest BCUT2D eigenvalue weighted by Gasteiger charge is 2.21. The number of hydrogen-bond donors (Lipinski definition) is 1. The Balaban J connectivity index is 2.31. The Hall–Kier alpha value is -1.40. The summed E-state index contributed by atoms with van der Waals surface area (Å²) >= 11 is 1.44. The van der Waals surface area contributed by atoms with E-state index in [-0.39, 0.29) is 6.04 Å². The van der Waals surface area contributed by atoms with E-state index >= 15 is 0 Å². The monoisotopic (exact) mass is 263 g/mol. The molecule has 2 rings (SSSR count). The van der Waals surface area contributed by atoms with Crippen LogP contribution in [0.15, 0.2) is 18.6 Å². The molecule has 0 aliphatic carbocycles. The normalized spacial score (nSPS) is 12.6. The minimum Gasteiger partial charge on any atom is -0.304 e. The first kappa shape index (κ1) is 13.0. The molecule has 0 fully saturated rings. The Morgan fingerprint density at radius 2 is 2.22 bits per heavy atom. The molecular weight excluding hydrogens is 246 g/mol. The highest BCUT2D eigenvalue weighted by Crippen LogP contribution is 2.25. The number of nitrogens with zero attached hydrogens (tertiary/aromatic N) is 4. The van der Waals surface area contributed by atoms with Gasteiger partial charge in [0, 0.05) is 12.4 Å². The third kappa shape index (κ3) is 2.88. The van der Waals surface area contributed by atoms with E-state index in [0.717, 1.165) is 35.7 Å². The molecule has 0 bridgehead atoms. The largest absolute Gasteiger partial charge is 0.304 e. The molecule has 1 atom stereocenters. The maximum atomic E-state index is 4.39. The van der Waals surface area contributed by atoms with E-state index in [1.807, 2.05) is 0 Å². The van der Waals surface area contributed by atoms with Crippen molar-refractivity contribution in [1.29, 1.82) is 0 Å². The highest BCUT2D eigenvalue weighted by molar-refractivity contribution is 7.05. The van der Waals surface area contributed by atoms with E-state index in [9.17, 15) is 0 Å². The fraction of sp³-hybridized carbons (Fsp3) is 0.500. The van der Waals surface area contributed by atoms with E-state index in [1.54, 1.807) is 18.6 Å². The van der Waals surface area contributed by atoms with Crippen LogP contribution in [0.2, 0.25) is 0 Å². The van der Waals surface area contributed by atoms with Gasteiger partial charge in [-0.15, -0.1) is 5.10 Å². The maximum absolute atomic E-state index is 4.39. The number of rotatable bonds is 6. The van der Waals surface area contributed by atoms with Crippen molar-refractivity contribution in [3.63, 3.8) is 0 Å². The zero-order valence-electron chi connectivity index (χ0n) is 10.6. The molecule has 2 aromatic rings. The SMILES string of the molecule is CCCNC(c1cnccn1)c1snnc1CC. The lowest BCUT2D eigenvalue weighted by Crippen LogP contribution is -2.24. The van der Waals surface area contributed by atoms with Gasteiger partial charge in [0.15, 0.2) is 0 Å². The molecule has 1 unspecified atom stereocenters. The van der Waals surface area contributed by atoms with Crippen molar-refractivity contribution in [2.24, 2.45) is 0 Å². The fourth-order valence-corrected chi connectivity index (χ4v) is 2.59. The average Bonchev–Trinajstić information content (AvgIpc) is 2.89. The lowest BCUT2D eigenvalue weighted by atomic mass is 10.1. The molecule has 0 amide bonds. The van der Waals surface area contributed by atoms with Crippen LogP contribution in [-0.4, -0.2) is 26.1 Å². The van der Waals surface area contributed by atoms with Crippen LogP contribution in [0, 0.1) is 0 Å². The van der Waals surface area contributed by atoms with E-state index in [4.69, 9.17) is 0 Å². The van der Waals surface area contributed by atoms with Crippen LogP contribution in [0.5, 0.6) is 0 Å². The number of aromatic nitrogens is 4. The molecule has 1 N–H and O–H groups in total. The first-order valence-corrected chi connectivity index (χ1v) is 6.94. The van der Waals surface area contributed by atoms with Crippen LogP contribution in [0.3, 0.4) is 0 Å². The molecule has 0 saturated heterocycles. The van der Waals surface area contributed by atoms with Gasteiger partial charge in [-0.2, -0.15) is 0 Å². The Bertz CT molecular complexity index is 470. The number of aryl methyl sites for hydroxylation is 1. The standard InChI is InChI=1S/C12H17N5S/c1-3-5-15-11(10-8-13-6-7-14-10)12-9(4-2)16-17-18-12/h6-8,11,15H,3-5H2,1-2H3. The first-order chi connectivity index (χ1) is 8.86. The summed E-state index contributed by atoms with van der Waals surface area (Å²) in [4.78, 5) is 9.67. The molecule has 2 aromatic heterocycles. The lowest BCUT2D eigenvalue weighted by Gasteiger charge is -2.16. The van der Waals surface area contributed by atoms with Crippen molar-refractivity contribution < 1.29 is 0 Å². The van der Waals surface area contributed by atoms with E-state index < -0.39 is 0 Å². The van der Waals surface area contributed by atoms with Crippen LogP contribution in [0.1, 0.15) is 42.6 Å². The minimum atomic E-state index is 0.0496. The van der Waals surface area contributed by atoms with Gasteiger partial charge in [-0.1, -0.05) is 18.3 Å². The molecule has 5 nitrogen and oxygen atoms in total. The third-order valence-electron chi connectivity index (χ3n) is 2.66. The molecule has 0 radical (unpaired) electrons. The average molecular weight is 263 g/mol. The van der Waals surface area contributed by atoms with Gasteiger partial charge < -0.3 is 5.32 Å². The zero-order chi connectivity index (χ0) is 12.8. The topological polar surface area (TPSA) is 63.6 Å². The summed E-state index contributed by atoms with van der Waals surface area (Å²) in [6.45, 7) is 5.17. The zero-order valence-corrected chi connectivity index (χ0v) is 11.4. The molecule has 6 heteroatoms. The third-order valence-corrected chi connectivity index (χ3v) is 3.49. The minimum absolute atomic E-state index is 0.0496. The number of hydrogen-bond acceptors (Lipinski definition) is 6. The van der Waals surface area contributed by atoms with Gasteiger partial charge in [0.2, 0.25) is 0 Å². The second kappa shape index (κ2) is 6.51. The molecule has 18 heavy (non-hydrogen) atoms. The Kier molecular flexibility index (Phi) is 4.72. The summed E-state index contributed by atoms with van der Waals surface area (Å²) in [5.74, 6) is 0. The van der Waals surface area contributed by atoms with Crippen molar-refractivity contribution >= 4 is 11.5 Å². The van der Waals surface area contributed by atoms with E-state index in [2.05, 4.69) is 38.7 Å². The van der Waals surface area contributed by atoms with Crippen molar-refractivity contribution in [2.75, 3.05) is 6.54 Å². The van der Waals surface area contributed by atoms with Crippen molar-refractivity contribution in [2.45, 2.75) is 32.7 Å². The van der Waals surface area contributed by atoms with E-state index in [1.165, 1.54) is 11.5 Å². The molecule has 0 saturated carbocycles. The van der Waals surface area contributed by atoms with Gasteiger partial charge in [-0.05, 0) is 30.9 Å². The molecule has 0 aromatic carbocycles. The molecule has 0 aliphatic heterocycles. The van der Waals surface area contributed by atoms with Gasteiger partial charge in [-0.3, -0.25) is 9.97 Å². The highest BCUT2D eigenvalue weighted by atomic mass is 32.1. The van der Waals surface area contributed by atoms with Crippen molar-refractivity contribution in [3.8, 4) is 0 Å². The smallest absolute Gasteiger partial charge is 0.0896 e. The van der Waals surface area contributed by atoms with Gasteiger partial charge in [0.25, 0.3) is 0 Å². The maximum Gasteiger partial charge on any atom is 0.0896 e. The van der Waals surface area contributed by atoms with E-state index in [0.29, 0.717) is 0 Å². The van der Waals surface area contributed by atoms with Crippen molar-refractivity contribution in [1.82, 2.24) is 24.9 Å². The molecule has 0 spiro atoms. The van der Waals surface area contributed by atoms with Gasteiger partial charge >= 0.3 is 0 Å². The summed E-state index contributed by atoms with van der Waals surface area (Å²) in [6.07, 6.45) is 7.16. The summed E-state index contributed by atoms with van der Waals surface area (Å²) in [6, 6.07) is 0.0496. The molecule has 0 aliphatic rings. The summed E-state index contributed by atoms with van der Waals surface area (Å²) in [5, 5.41) is 7.66. The second-order valence-electron chi connectivity index (χ2n) is 3.95. The summed E-state index contributed by atoms with van der Waals surface area (Å²) in [7, 11) is 0. The predicted octanol–water partition coefficient (Wildman–Crippen LogP) is 1.98. The van der Waals surface area contributed by atoms with Crippen LogP contribution in [-0.2, 0) is 6.42 Å². The Labute approximate surface area is 111 Å². The predicted molar refractivity (Wildman–Crippen MR) is 71.5 cm³/mol. The second-order valence-corrected chi connectivity index (χ2v) is 4.74. The van der Waals surface area contributed by atoms with Gasteiger partial charge in [0.05, 0.1) is 28.5 Å². The quantitative estimate of drug-likeness (QED) is 0.863.